The smallest absolute Gasteiger partial charge is 0.272 e. The van der Waals surface area contributed by atoms with Gasteiger partial charge >= 0.3 is 0 Å². The first-order chi connectivity index (χ1) is 9.54. The van der Waals surface area contributed by atoms with Gasteiger partial charge in [0.15, 0.2) is 0 Å². The Hall–Kier alpha value is -1.47. The van der Waals surface area contributed by atoms with Crippen molar-refractivity contribution in [1.82, 2.24) is 4.90 Å². The summed E-state index contributed by atoms with van der Waals surface area (Å²) in [7, 11) is 0. The van der Waals surface area contributed by atoms with Crippen LogP contribution in [0.2, 0.25) is 0 Å². The highest BCUT2D eigenvalue weighted by molar-refractivity contribution is 9.09. The minimum atomic E-state index is -0.445. The molecule has 1 heterocycles. The first-order valence-electron chi connectivity index (χ1n) is 6.24. The Bertz CT molecular complexity index is 535. The zero-order valence-electron chi connectivity index (χ0n) is 11.0. The summed E-state index contributed by atoms with van der Waals surface area (Å²) >= 11 is 3.37. The number of morpholine rings is 1. The fraction of sp³-hybridized carbons (Fsp3) is 0.462. The van der Waals surface area contributed by atoms with Crippen LogP contribution in [0, 0.1) is 17.0 Å². The Morgan fingerprint density at radius 3 is 2.95 bits per heavy atom. The van der Waals surface area contributed by atoms with Gasteiger partial charge in [-0.25, -0.2) is 0 Å². The Labute approximate surface area is 125 Å². The van der Waals surface area contributed by atoms with Gasteiger partial charge in [0.1, 0.15) is 0 Å². The molecule has 1 aliphatic heterocycles. The molecule has 1 unspecified atom stereocenters. The fourth-order valence-corrected chi connectivity index (χ4v) is 2.75. The number of nitrogens with zero attached hydrogens (tertiary/aromatic N) is 2. The maximum absolute atomic E-state index is 12.5. The molecule has 0 bridgehead atoms. The van der Waals surface area contributed by atoms with Gasteiger partial charge in [0.25, 0.3) is 11.6 Å². The summed E-state index contributed by atoms with van der Waals surface area (Å²) in [5.74, 6) is -0.115. The number of benzene rings is 1. The second-order valence-corrected chi connectivity index (χ2v) is 5.29. The number of amides is 1. The van der Waals surface area contributed by atoms with E-state index in [0.717, 1.165) is 0 Å². The molecule has 7 heteroatoms. The molecule has 6 nitrogen and oxygen atoms in total. The fourth-order valence-electron chi connectivity index (χ4n) is 2.21. The van der Waals surface area contributed by atoms with Crippen molar-refractivity contribution in [2.24, 2.45) is 0 Å². The Balaban J connectivity index is 2.24. The van der Waals surface area contributed by atoms with Gasteiger partial charge in [-0.1, -0.05) is 15.9 Å². The number of aryl methyl sites for hydroxylation is 1. The van der Waals surface area contributed by atoms with Crippen molar-refractivity contribution in [3.63, 3.8) is 0 Å². The summed E-state index contributed by atoms with van der Waals surface area (Å²) in [5.41, 5.74) is 0.992. The SMILES string of the molecule is Cc1cc(C(=O)N2CCOCC2CBr)ccc1[N+](=O)[O-]. The number of hydrogen-bond acceptors (Lipinski definition) is 4. The third kappa shape index (κ3) is 2.99. The molecule has 1 saturated heterocycles. The van der Waals surface area contributed by atoms with Crippen LogP contribution in [0.3, 0.4) is 0 Å². The van der Waals surface area contributed by atoms with Gasteiger partial charge in [-0.15, -0.1) is 0 Å². The summed E-state index contributed by atoms with van der Waals surface area (Å²) in [6.07, 6.45) is 0. The summed E-state index contributed by atoms with van der Waals surface area (Å²) in [6.45, 7) is 3.19. The average molecular weight is 343 g/mol. The molecule has 0 radical (unpaired) electrons. The lowest BCUT2D eigenvalue weighted by molar-refractivity contribution is -0.385. The molecule has 1 amide bonds. The van der Waals surface area contributed by atoms with Crippen LogP contribution in [-0.2, 0) is 4.74 Å². The quantitative estimate of drug-likeness (QED) is 0.479. The number of nitro benzene ring substituents is 1. The van der Waals surface area contributed by atoms with Gasteiger partial charge in [0.2, 0.25) is 0 Å². The monoisotopic (exact) mass is 342 g/mol. The van der Waals surface area contributed by atoms with Gasteiger partial charge in [-0.05, 0) is 19.1 Å². The molecule has 0 aromatic heterocycles. The molecule has 2 rings (SSSR count). The van der Waals surface area contributed by atoms with Crippen molar-refractivity contribution >= 4 is 27.5 Å². The van der Waals surface area contributed by atoms with E-state index in [4.69, 9.17) is 4.74 Å². The van der Waals surface area contributed by atoms with Crippen molar-refractivity contribution in [1.29, 1.82) is 0 Å². The molecule has 0 N–H and O–H groups in total. The van der Waals surface area contributed by atoms with Crippen molar-refractivity contribution in [2.75, 3.05) is 25.1 Å². The average Bonchev–Trinajstić information content (AvgIpc) is 2.45. The van der Waals surface area contributed by atoms with Crippen LogP contribution in [0.5, 0.6) is 0 Å². The van der Waals surface area contributed by atoms with Gasteiger partial charge in [0, 0.05) is 29.1 Å². The zero-order valence-corrected chi connectivity index (χ0v) is 12.6. The standard InChI is InChI=1S/C13H15BrN2O4/c1-9-6-10(2-3-12(9)16(18)19)13(17)15-4-5-20-8-11(15)7-14/h2-3,6,11H,4-5,7-8H2,1H3. The van der Waals surface area contributed by atoms with E-state index in [0.29, 0.717) is 36.2 Å². The molecular weight excluding hydrogens is 328 g/mol. The summed E-state index contributed by atoms with van der Waals surface area (Å²) in [4.78, 5) is 24.6. The second-order valence-electron chi connectivity index (χ2n) is 4.64. The molecule has 1 aromatic carbocycles. The highest BCUT2D eigenvalue weighted by Gasteiger charge is 2.27. The number of carbonyl (C=O) groups excluding carboxylic acids is 1. The molecule has 1 atom stereocenters. The lowest BCUT2D eigenvalue weighted by atomic mass is 10.1. The predicted molar refractivity (Wildman–Crippen MR) is 77.3 cm³/mol. The van der Waals surface area contributed by atoms with E-state index in [1.807, 2.05) is 0 Å². The Morgan fingerprint density at radius 2 is 2.35 bits per heavy atom. The summed E-state index contributed by atoms with van der Waals surface area (Å²) in [6, 6.07) is 4.45. The normalized spacial score (nSPS) is 18.9. The van der Waals surface area contributed by atoms with Crippen LogP contribution in [0.25, 0.3) is 0 Å². The van der Waals surface area contributed by atoms with Crippen molar-refractivity contribution < 1.29 is 14.5 Å². The Kier molecular flexibility index (Phi) is 4.72. The van der Waals surface area contributed by atoms with Gasteiger partial charge in [-0.2, -0.15) is 0 Å². The number of carbonyl (C=O) groups is 1. The first-order valence-corrected chi connectivity index (χ1v) is 7.36. The third-order valence-corrected chi connectivity index (χ3v) is 4.05. The van der Waals surface area contributed by atoms with E-state index in [9.17, 15) is 14.9 Å². The zero-order chi connectivity index (χ0) is 14.7. The molecule has 20 heavy (non-hydrogen) atoms. The molecule has 1 aliphatic rings. The maximum atomic E-state index is 12.5. The van der Waals surface area contributed by atoms with Crippen molar-refractivity contribution in [3.05, 3.63) is 39.4 Å². The maximum Gasteiger partial charge on any atom is 0.272 e. The van der Waals surface area contributed by atoms with E-state index in [-0.39, 0.29) is 17.6 Å². The lowest BCUT2D eigenvalue weighted by Crippen LogP contribution is -2.49. The minimum absolute atomic E-state index is 0.00764. The van der Waals surface area contributed by atoms with E-state index in [1.54, 1.807) is 17.9 Å². The first kappa shape index (κ1) is 14.9. The molecular formula is C13H15BrN2O4. The van der Waals surface area contributed by atoms with Gasteiger partial charge in [-0.3, -0.25) is 14.9 Å². The molecule has 1 aromatic rings. The largest absolute Gasteiger partial charge is 0.377 e. The number of nitro groups is 1. The lowest BCUT2D eigenvalue weighted by Gasteiger charge is -2.34. The van der Waals surface area contributed by atoms with E-state index in [1.165, 1.54) is 12.1 Å². The van der Waals surface area contributed by atoms with E-state index < -0.39 is 4.92 Å². The number of ether oxygens (including phenoxy) is 1. The van der Waals surface area contributed by atoms with Crippen LogP contribution in [-0.4, -0.2) is 46.9 Å². The van der Waals surface area contributed by atoms with Crippen molar-refractivity contribution in [3.8, 4) is 0 Å². The molecule has 1 fully saturated rings. The number of rotatable bonds is 3. The second kappa shape index (κ2) is 6.32. The summed E-state index contributed by atoms with van der Waals surface area (Å²) < 4.78 is 5.35. The van der Waals surface area contributed by atoms with E-state index >= 15 is 0 Å². The molecule has 108 valence electrons. The van der Waals surface area contributed by atoms with Crippen LogP contribution < -0.4 is 0 Å². The minimum Gasteiger partial charge on any atom is -0.377 e. The van der Waals surface area contributed by atoms with Crippen LogP contribution in [0.4, 0.5) is 5.69 Å². The van der Waals surface area contributed by atoms with Crippen LogP contribution >= 0.6 is 15.9 Å². The van der Waals surface area contributed by atoms with Crippen LogP contribution in [0.1, 0.15) is 15.9 Å². The number of halogens is 1. The predicted octanol–water partition coefficient (Wildman–Crippen LogP) is 2.14. The summed E-state index contributed by atoms with van der Waals surface area (Å²) in [5, 5.41) is 11.4. The van der Waals surface area contributed by atoms with E-state index in [2.05, 4.69) is 15.9 Å². The third-order valence-electron chi connectivity index (χ3n) is 3.31. The molecule has 0 saturated carbocycles. The highest BCUT2D eigenvalue weighted by atomic mass is 79.9. The topological polar surface area (TPSA) is 72.7 Å². The van der Waals surface area contributed by atoms with Crippen LogP contribution in [0.15, 0.2) is 18.2 Å². The molecule has 0 aliphatic carbocycles. The van der Waals surface area contributed by atoms with Gasteiger partial charge in [0.05, 0.1) is 24.2 Å². The number of alkyl halides is 1. The van der Waals surface area contributed by atoms with Gasteiger partial charge < -0.3 is 9.64 Å². The Morgan fingerprint density at radius 1 is 1.60 bits per heavy atom. The highest BCUT2D eigenvalue weighted by Crippen LogP contribution is 2.21. The molecule has 0 spiro atoms. The number of hydrogen-bond donors (Lipinski definition) is 0. The van der Waals surface area contributed by atoms with Crippen molar-refractivity contribution in [2.45, 2.75) is 13.0 Å².